The number of nitrogens with one attached hydrogen (secondary N) is 1. The van der Waals surface area contributed by atoms with Crippen LogP contribution in [0.3, 0.4) is 0 Å². The highest BCUT2D eigenvalue weighted by molar-refractivity contribution is 5.76. The van der Waals surface area contributed by atoms with E-state index in [1.54, 1.807) is 0 Å². The van der Waals surface area contributed by atoms with Crippen LogP contribution >= 0.6 is 0 Å². The molecule has 6 nitrogen and oxygen atoms in total. The lowest BCUT2D eigenvalue weighted by Crippen LogP contribution is -2.45. The van der Waals surface area contributed by atoms with Gasteiger partial charge >= 0.3 is 5.97 Å². The highest BCUT2D eigenvalue weighted by Gasteiger charge is 2.20. The summed E-state index contributed by atoms with van der Waals surface area (Å²) >= 11 is 0. The maximum absolute atomic E-state index is 12.5. The van der Waals surface area contributed by atoms with Crippen LogP contribution in [0.1, 0.15) is 322 Å². The predicted octanol–water partition coefficient (Wildman–Crippen LogP) is 18.8. The van der Waals surface area contributed by atoms with Gasteiger partial charge in [0.15, 0.2) is 0 Å². The van der Waals surface area contributed by atoms with Gasteiger partial charge in [0.2, 0.25) is 5.91 Å². The second-order valence-electron chi connectivity index (χ2n) is 20.7. The molecule has 2 unspecified atom stereocenters. The number of carbonyl (C=O) groups is 2. The van der Waals surface area contributed by atoms with E-state index in [1.165, 1.54) is 238 Å². The second-order valence-corrected chi connectivity index (χ2v) is 20.7. The van der Waals surface area contributed by atoms with E-state index in [2.05, 4.69) is 55.6 Å². The molecule has 400 valence electrons. The Morgan fingerprint density at radius 3 is 1.19 bits per heavy atom. The third kappa shape index (κ3) is 53.4. The van der Waals surface area contributed by atoms with Crippen LogP contribution in [0.4, 0.5) is 0 Å². The number of rotatable bonds is 56. The molecule has 0 saturated heterocycles. The van der Waals surface area contributed by atoms with Crippen LogP contribution in [0.25, 0.3) is 0 Å². The Hall–Kier alpha value is -1.92. The van der Waals surface area contributed by atoms with E-state index in [0.717, 1.165) is 51.4 Å². The standard InChI is InChI=1S/C62H117NO5/c1-3-5-7-9-11-13-15-17-31-34-38-42-46-50-54-60(65)59(58-64)63-61(66)55-51-47-43-39-35-32-28-26-24-22-20-18-19-21-23-25-27-29-33-37-41-45-49-53-57-68-62(67)56-52-48-44-40-36-30-16-14-12-10-8-6-4-2/h8,10,14,16,20,22,59-60,64-65H,3-7,9,11-13,15,17-19,21,23-58H2,1-2H3,(H,63,66)/b10-8-,16-14-,22-20-. The van der Waals surface area contributed by atoms with Crippen molar-refractivity contribution in [3.05, 3.63) is 36.5 Å². The Bertz CT molecular complexity index is 1100. The molecule has 0 bridgehead atoms. The number of aliphatic hydroxyl groups is 2. The van der Waals surface area contributed by atoms with Crippen molar-refractivity contribution in [1.29, 1.82) is 0 Å². The van der Waals surface area contributed by atoms with Crippen LogP contribution in [0.5, 0.6) is 0 Å². The number of unbranched alkanes of at least 4 members (excludes halogenated alkanes) is 39. The van der Waals surface area contributed by atoms with Crippen molar-refractivity contribution < 1.29 is 24.5 Å². The molecule has 0 rings (SSSR count). The van der Waals surface area contributed by atoms with E-state index in [9.17, 15) is 19.8 Å². The van der Waals surface area contributed by atoms with Gasteiger partial charge in [-0.3, -0.25) is 9.59 Å². The van der Waals surface area contributed by atoms with Gasteiger partial charge in [0.1, 0.15) is 0 Å². The molecular weight excluding hydrogens is 839 g/mol. The van der Waals surface area contributed by atoms with Gasteiger partial charge in [-0.05, 0) is 77.0 Å². The van der Waals surface area contributed by atoms with Crippen LogP contribution in [0, 0.1) is 0 Å². The summed E-state index contributed by atoms with van der Waals surface area (Å²) in [5, 5.41) is 23.3. The first-order valence-corrected chi connectivity index (χ1v) is 30.2. The zero-order valence-electron chi connectivity index (χ0n) is 45.6. The molecule has 0 spiro atoms. The molecule has 2 atom stereocenters. The van der Waals surface area contributed by atoms with Gasteiger partial charge in [0.05, 0.1) is 25.4 Å². The molecule has 6 heteroatoms. The molecule has 0 aliphatic heterocycles. The summed E-state index contributed by atoms with van der Waals surface area (Å²) in [7, 11) is 0. The van der Waals surface area contributed by atoms with Gasteiger partial charge in [0, 0.05) is 12.8 Å². The molecule has 0 fully saturated rings. The number of aliphatic hydroxyl groups excluding tert-OH is 2. The van der Waals surface area contributed by atoms with Crippen LogP contribution in [-0.4, -0.2) is 47.4 Å². The minimum absolute atomic E-state index is 0.00296. The van der Waals surface area contributed by atoms with Gasteiger partial charge in [-0.15, -0.1) is 0 Å². The Balaban J connectivity index is 3.41. The van der Waals surface area contributed by atoms with Crippen LogP contribution in [0.15, 0.2) is 36.5 Å². The molecule has 0 aromatic carbocycles. The topological polar surface area (TPSA) is 95.9 Å². The van der Waals surface area contributed by atoms with Crippen LogP contribution in [0.2, 0.25) is 0 Å². The van der Waals surface area contributed by atoms with Crippen molar-refractivity contribution in [2.24, 2.45) is 0 Å². The third-order valence-electron chi connectivity index (χ3n) is 13.9. The average molecular weight is 957 g/mol. The summed E-state index contributed by atoms with van der Waals surface area (Å²) < 4.78 is 5.46. The summed E-state index contributed by atoms with van der Waals surface area (Å²) in [6, 6.07) is -0.544. The van der Waals surface area contributed by atoms with Gasteiger partial charge in [0.25, 0.3) is 0 Å². The van der Waals surface area contributed by atoms with E-state index in [-0.39, 0.29) is 18.5 Å². The fourth-order valence-electron chi connectivity index (χ4n) is 9.26. The van der Waals surface area contributed by atoms with E-state index in [0.29, 0.717) is 25.9 Å². The Labute approximate surface area is 424 Å². The summed E-state index contributed by atoms with van der Waals surface area (Å²) in [5.74, 6) is -0.0418. The average Bonchev–Trinajstić information content (AvgIpc) is 3.34. The number of ether oxygens (including phenoxy) is 1. The number of amides is 1. The zero-order chi connectivity index (χ0) is 49.3. The minimum atomic E-state index is -0.667. The fraction of sp³-hybridized carbons (Fsp3) is 0.871. The predicted molar refractivity (Wildman–Crippen MR) is 296 cm³/mol. The molecule has 0 aliphatic rings. The number of hydrogen-bond donors (Lipinski definition) is 3. The smallest absolute Gasteiger partial charge is 0.305 e. The van der Waals surface area contributed by atoms with E-state index >= 15 is 0 Å². The number of allylic oxidation sites excluding steroid dienone is 6. The van der Waals surface area contributed by atoms with Gasteiger partial charge in [-0.25, -0.2) is 0 Å². The van der Waals surface area contributed by atoms with Crippen molar-refractivity contribution in [2.45, 2.75) is 334 Å². The first kappa shape index (κ1) is 66.1. The molecule has 3 N–H and O–H groups in total. The molecule has 1 amide bonds. The Kier molecular flexibility index (Phi) is 56.0. The summed E-state index contributed by atoms with van der Waals surface area (Å²) in [5.41, 5.74) is 0. The lowest BCUT2D eigenvalue weighted by molar-refractivity contribution is -0.143. The molecular formula is C62H117NO5. The Morgan fingerprint density at radius 2 is 0.765 bits per heavy atom. The van der Waals surface area contributed by atoms with E-state index in [1.807, 2.05) is 0 Å². The van der Waals surface area contributed by atoms with Gasteiger partial charge in [-0.2, -0.15) is 0 Å². The number of carbonyl (C=O) groups excluding carboxylic acids is 2. The first-order chi connectivity index (χ1) is 33.5. The SMILES string of the molecule is CCC/C=C\C/C=C\CCCCCCCC(=O)OCCCCCCCCCCCCCC/C=C\CCCCCCCCCCC(=O)NC(CO)C(O)CCCCCCCCCCCCCCCC. The normalized spacial score (nSPS) is 12.8. The zero-order valence-corrected chi connectivity index (χ0v) is 45.6. The highest BCUT2D eigenvalue weighted by atomic mass is 16.5. The van der Waals surface area contributed by atoms with Crippen molar-refractivity contribution >= 4 is 11.9 Å². The van der Waals surface area contributed by atoms with E-state index < -0.39 is 12.1 Å². The molecule has 0 heterocycles. The fourth-order valence-corrected chi connectivity index (χ4v) is 9.26. The molecule has 0 saturated carbocycles. The number of hydrogen-bond acceptors (Lipinski definition) is 5. The lowest BCUT2D eigenvalue weighted by Gasteiger charge is -2.22. The van der Waals surface area contributed by atoms with Gasteiger partial charge in [-0.1, -0.05) is 269 Å². The summed E-state index contributed by atoms with van der Waals surface area (Å²) in [4.78, 5) is 24.5. The summed E-state index contributed by atoms with van der Waals surface area (Å²) in [6.07, 6.45) is 71.5. The van der Waals surface area contributed by atoms with Crippen LogP contribution in [-0.2, 0) is 14.3 Å². The molecule has 0 aromatic heterocycles. The minimum Gasteiger partial charge on any atom is -0.466 e. The maximum Gasteiger partial charge on any atom is 0.305 e. The molecule has 0 aromatic rings. The van der Waals surface area contributed by atoms with Crippen molar-refractivity contribution in [3.8, 4) is 0 Å². The second kappa shape index (κ2) is 57.7. The molecule has 0 aliphatic carbocycles. The summed E-state index contributed by atoms with van der Waals surface area (Å²) in [6.45, 7) is 4.89. The quantitative estimate of drug-likeness (QED) is 0.0321. The number of esters is 1. The maximum atomic E-state index is 12.5. The van der Waals surface area contributed by atoms with Gasteiger partial charge < -0.3 is 20.3 Å². The van der Waals surface area contributed by atoms with Crippen molar-refractivity contribution in [3.63, 3.8) is 0 Å². The lowest BCUT2D eigenvalue weighted by atomic mass is 10.0. The first-order valence-electron chi connectivity index (χ1n) is 30.2. The van der Waals surface area contributed by atoms with Crippen LogP contribution < -0.4 is 5.32 Å². The van der Waals surface area contributed by atoms with Crippen molar-refractivity contribution in [1.82, 2.24) is 5.32 Å². The molecule has 0 radical (unpaired) electrons. The Morgan fingerprint density at radius 1 is 0.412 bits per heavy atom. The highest BCUT2D eigenvalue weighted by Crippen LogP contribution is 2.17. The monoisotopic (exact) mass is 956 g/mol. The third-order valence-corrected chi connectivity index (χ3v) is 13.9. The largest absolute Gasteiger partial charge is 0.466 e. The molecule has 68 heavy (non-hydrogen) atoms. The van der Waals surface area contributed by atoms with E-state index in [4.69, 9.17) is 4.74 Å². The van der Waals surface area contributed by atoms with Crippen molar-refractivity contribution in [2.75, 3.05) is 13.2 Å².